The van der Waals surface area contributed by atoms with E-state index in [1.165, 1.54) is 12.1 Å². The van der Waals surface area contributed by atoms with E-state index in [1.807, 2.05) is 24.5 Å². The summed E-state index contributed by atoms with van der Waals surface area (Å²) in [5.41, 5.74) is 3.31. The van der Waals surface area contributed by atoms with Crippen molar-refractivity contribution in [3.63, 3.8) is 0 Å². The van der Waals surface area contributed by atoms with Crippen molar-refractivity contribution in [2.24, 2.45) is 7.05 Å². The fraction of sp³-hybridized carbons (Fsp3) is 0.400. The maximum atomic E-state index is 12.9. The van der Waals surface area contributed by atoms with Crippen molar-refractivity contribution in [2.45, 2.75) is 38.3 Å². The SMILES string of the molecule is Cn1cccc1[C@H]1CCCCN1C(=O)CCn1cnc2ccccc21. The molecule has 1 fully saturated rings. The lowest BCUT2D eigenvalue weighted by molar-refractivity contribution is -0.135. The molecule has 0 N–H and O–H groups in total. The Labute approximate surface area is 147 Å². The van der Waals surface area contributed by atoms with Crippen molar-refractivity contribution in [1.82, 2.24) is 19.0 Å². The highest BCUT2D eigenvalue weighted by Crippen LogP contribution is 2.31. The van der Waals surface area contributed by atoms with Crippen molar-refractivity contribution in [3.05, 3.63) is 54.6 Å². The van der Waals surface area contributed by atoms with Crippen LogP contribution >= 0.6 is 0 Å². The van der Waals surface area contributed by atoms with Gasteiger partial charge >= 0.3 is 0 Å². The highest BCUT2D eigenvalue weighted by atomic mass is 16.2. The largest absolute Gasteiger partial charge is 0.353 e. The molecule has 1 aliphatic rings. The first-order valence-electron chi connectivity index (χ1n) is 9.04. The predicted molar refractivity (Wildman–Crippen MR) is 98.1 cm³/mol. The molecule has 1 aromatic carbocycles. The van der Waals surface area contributed by atoms with Gasteiger partial charge in [-0.15, -0.1) is 0 Å². The second-order valence-corrected chi connectivity index (χ2v) is 6.82. The van der Waals surface area contributed by atoms with Crippen LogP contribution in [0.5, 0.6) is 0 Å². The number of hydrogen-bond donors (Lipinski definition) is 0. The third-order valence-electron chi connectivity index (χ3n) is 5.24. The number of fused-ring (bicyclic) bond motifs is 1. The molecule has 0 bridgehead atoms. The smallest absolute Gasteiger partial charge is 0.224 e. The fourth-order valence-corrected chi connectivity index (χ4v) is 3.91. The van der Waals surface area contributed by atoms with Crippen LogP contribution in [0.4, 0.5) is 0 Å². The number of rotatable bonds is 4. The molecule has 0 unspecified atom stereocenters. The summed E-state index contributed by atoms with van der Waals surface area (Å²) in [6.45, 7) is 1.54. The molecular formula is C20H24N4O. The summed E-state index contributed by atoms with van der Waals surface area (Å²) >= 11 is 0. The van der Waals surface area contributed by atoms with Crippen LogP contribution in [-0.2, 0) is 18.4 Å². The van der Waals surface area contributed by atoms with Gasteiger partial charge in [0.15, 0.2) is 0 Å². The van der Waals surface area contributed by atoms with Crippen LogP contribution in [0.2, 0.25) is 0 Å². The lowest BCUT2D eigenvalue weighted by Crippen LogP contribution is -2.39. The summed E-state index contributed by atoms with van der Waals surface area (Å²) in [6.07, 6.45) is 7.75. The molecule has 3 heterocycles. The number of amides is 1. The third-order valence-corrected chi connectivity index (χ3v) is 5.24. The molecule has 0 aliphatic carbocycles. The standard InChI is InChI=1S/C20H24N4O/c1-22-12-6-10-18(22)19-9-4-5-13-24(19)20(25)11-14-23-15-21-16-7-2-3-8-17(16)23/h2-3,6-8,10,12,15,19H,4-5,9,11,13-14H2,1H3/t19-/m1/s1. The molecule has 1 aliphatic heterocycles. The van der Waals surface area contributed by atoms with E-state index < -0.39 is 0 Å². The lowest BCUT2D eigenvalue weighted by Gasteiger charge is -2.36. The van der Waals surface area contributed by atoms with E-state index in [0.717, 1.165) is 30.4 Å². The number of aryl methyl sites for hydroxylation is 2. The first-order chi connectivity index (χ1) is 12.2. The molecule has 0 radical (unpaired) electrons. The summed E-state index contributed by atoms with van der Waals surface area (Å²) in [5.74, 6) is 0.240. The molecule has 1 saturated heterocycles. The first-order valence-corrected chi connectivity index (χ1v) is 9.04. The summed E-state index contributed by atoms with van der Waals surface area (Å²) in [6, 6.07) is 12.5. The average molecular weight is 336 g/mol. The van der Waals surface area contributed by atoms with Crippen LogP contribution in [0.3, 0.4) is 0 Å². The molecule has 2 aromatic heterocycles. The van der Waals surface area contributed by atoms with Gasteiger partial charge in [-0.3, -0.25) is 4.79 Å². The van der Waals surface area contributed by atoms with Gasteiger partial charge in [0.2, 0.25) is 5.91 Å². The molecule has 25 heavy (non-hydrogen) atoms. The van der Waals surface area contributed by atoms with E-state index in [-0.39, 0.29) is 11.9 Å². The van der Waals surface area contributed by atoms with Crippen molar-refractivity contribution >= 4 is 16.9 Å². The van der Waals surface area contributed by atoms with Crippen molar-refractivity contribution in [1.29, 1.82) is 0 Å². The Morgan fingerprint density at radius 3 is 2.92 bits per heavy atom. The topological polar surface area (TPSA) is 43.1 Å². The van der Waals surface area contributed by atoms with E-state index >= 15 is 0 Å². The van der Waals surface area contributed by atoms with Gasteiger partial charge in [0.25, 0.3) is 0 Å². The number of carbonyl (C=O) groups excluding carboxylic acids is 1. The number of aromatic nitrogens is 3. The van der Waals surface area contributed by atoms with Crippen LogP contribution in [0, 0.1) is 0 Å². The summed E-state index contributed by atoms with van der Waals surface area (Å²) in [5, 5.41) is 0. The highest BCUT2D eigenvalue weighted by Gasteiger charge is 2.29. The molecule has 3 aromatic rings. The van der Waals surface area contributed by atoms with Gasteiger partial charge in [-0.2, -0.15) is 0 Å². The normalized spacial score (nSPS) is 18.0. The minimum Gasteiger partial charge on any atom is -0.353 e. The molecule has 5 heteroatoms. The second-order valence-electron chi connectivity index (χ2n) is 6.82. The zero-order chi connectivity index (χ0) is 17.2. The van der Waals surface area contributed by atoms with Gasteiger partial charge in [-0.1, -0.05) is 12.1 Å². The quantitative estimate of drug-likeness (QED) is 0.731. The zero-order valence-electron chi connectivity index (χ0n) is 14.6. The molecule has 1 atom stereocenters. The van der Waals surface area contributed by atoms with Crippen molar-refractivity contribution < 1.29 is 4.79 Å². The molecule has 0 saturated carbocycles. The fourth-order valence-electron chi connectivity index (χ4n) is 3.91. The number of likely N-dealkylation sites (tertiary alicyclic amines) is 1. The van der Waals surface area contributed by atoms with E-state index in [2.05, 4.69) is 50.5 Å². The molecular weight excluding hydrogens is 312 g/mol. The molecule has 130 valence electrons. The van der Waals surface area contributed by atoms with E-state index in [9.17, 15) is 4.79 Å². The Bertz CT molecular complexity index is 879. The number of benzene rings is 1. The number of imidazole rings is 1. The summed E-state index contributed by atoms with van der Waals surface area (Å²) in [4.78, 5) is 19.4. The Morgan fingerprint density at radius 2 is 2.08 bits per heavy atom. The zero-order valence-corrected chi connectivity index (χ0v) is 14.6. The third kappa shape index (κ3) is 3.06. The average Bonchev–Trinajstić information content (AvgIpc) is 3.26. The molecule has 5 nitrogen and oxygen atoms in total. The van der Waals surface area contributed by atoms with Crippen molar-refractivity contribution in [3.8, 4) is 0 Å². The van der Waals surface area contributed by atoms with Crippen molar-refractivity contribution in [2.75, 3.05) is 6.54 Å². The lowest BCUT2D eigenvalue weighted by atomic mass is 9.98. The minimum atomic E-state index is 0.209. The maximum absolute atomic E-state index is 12.9. The van der Waals surface area contributed by atoms with Gasteiger partial charge in [0.05, 0.1) is 23.4 Å². The van der Waals surface area contributed by atoms with Crippen LogP contribution in [-0.4, -0.2) is 31.5 Å². The van der Waals surface area contributed by atoms with Crippen LogP contribution in [0.25, 0.3) is 11.0 Å². The monoisotopic (exact) mass is 336 g/mol. The number of piperidine rings is 1. The summed E-state index contributed by atoms with van der Waals surface area (Å²) < 4.78 is 4.22. The number of para-hydroxylation sites is 2. The van der Waals surface area contributed by atoms with Gasteiger partial charge in [-0.05, 0) is 43.5 Å². The van der Waals surface area contributed by atoms with Crippen LogP contribution < -0.4 is 0 Å². The Hall–Kier alpha value is -2.56. The molecule has 0 spiro atoms. The van der Waals surface area contributed by atoms with Gasteiger partial charge in [0, 0.05) is 38.4 Å². The Morgan fingerprint density at radius 1 is 1.20 bits per heavy atom. The number of hydrogen-bond acceptors (Lipinski definition) is 2. The summed E-state index contributed by atoms with van der Waals surface area (Å²) in [7, 11) is 2.06. The van der Waals surface area contributed by atoms with Crippen LogP contribution in [0.1, 0.15) is 37.4 Å². The maximum Gasteiger partial charge on any atom is 0.224 e. The van der Waals surface area contributed by atoms with E-state index in [0.29, 0.717) is 13.0 Å². The van der Waals surface area contributed by atoms with Gasteiger partial charge < -0.3 is 14.0 Å². The number of nitrogens with zero attached hydrogens (tertiary/aromatic N) is 4. The van der Waals surface area contributed by atoms with Gasteiger partial charge in [0.1, 0.15) is 0 Å². The minimum absolute atomic E-state index is 0.209. The van der Waals surface area contributed by atoms with E-state index in [4.69, 9.17) is 0 Å². The van der Waals surface area contributed by atoms with E-state index in [1.54, 1.807) is 0 Å². The highest BCUT2D eigenvalue weighted by molar-refractivity contribution is 5.78. The second kappa shape index (κ2) is 6.75. The predicted octanol–water partition coefficient (Wildman–Crippen LogP) is 3.52. The Balaban J connectivity index is 1.48. The Kier molecular flexibility index (Phi) is 4.30. The van der Waals surface area contributed by atoms with Crippen LogP contribution in [0.15, 0.2) is 48.9 Å². The number of carbonyl (C=O) groups is 1. The molecule has 1 amide bonds. The van der Waals surface area contributed by atoms with Gasteiger partial charge in [-0.25, -0.2) is 4.98 Å². The molecule has 4 rings (SSSR count). The first kappa shape index (κ1) is 15.9.